The molecule has 0 amide bonds. The molecule has 0 spiro atoms. The lowest BCUT2D eigenvalue weighted by molar-refractivity contribution is -0.116. The molecule has 0 aliphatic rings. The van der Waals surface area contributed by atoms with Crippen LogP contribution in [0, 0.1) is 0 Å². The average molecular weight is 257 g/mol. The molecule has 0 aromatic heterocycles. The third-order valence-corrected chi connectivity index (χ3v) is 2.53. The van der Waals surface area contributed by atoms with Crippen molar-refractivity contribution in [1.29, 1.82) is 0 Å². The van der Waals surface area contributed by atoms with Crippen molar-refractivity contribution in [2.45, 2.75) is 13.3 Å². The van der Waals surface area contributed by atoms with Crippen molar-refractivity contribution < 1.29 is 19.1 Å². The molecule has 0 saturated carbocycles. The maximum atomic E-state index is 11.4. The zero-order chi connectivity index (χ0) is 13.0. The Labute approximate surface area is 104 Å². The lowest BCUT2D eigenvalue weighted by Crippen LogP contribution is -2.06. The van der Waals surface area contributed by atoms with E-state index in [0.717, 1.165) is 0 Å². The summed E-state index contributed by atoms with van der Waals surface area (Å²) in [5.74, 6) is -0.0817. The highest BCUT2D eigenvalue weighted by molar-refractivity contribution is 6.33. The molecule has 0 heterocycles. The molecule has 0 N–H and O–H groups in total. The molecule has 0 bridgehead atoms. The van der Waals surface area contributed by atoms with Crippen LogP contribution in [-0.2, 0) is 16.0 Å². The van der Waals surface area contributed by atoms with Crippen LogP contribution in [0.4, 0.5) is 0 Å². The molecular formula is C12H13ClO4. The summed E-state index contributed by atoms with van der Waals surface area (Å²) in [4.78, 5) is 22.6. The number of methoxy groups -OCH3 is 2. The molecule has 92 valence electrons. The molecule has 5 heteroatoms. The van der Waals surface area contributed by atoms with Crippen LogP contribution in [-0.4, -0.2) is 26.0 Å². The summed E-state index contributed by atoms with van der Waals surface area (Å²) in [6.45, 7) is 1.46. The standard InChI is InChI=1S/C12H13ClO4/c1-7(14)4-8-5-9(12(15)17-3)10(13)6-11(8)16-2/h5-6H,4H2,1-3H3. The van der Waals surface area contributed by atoms with Gasteiger partial charge in [-0.1, -0.05) is 11.6 Å². The van der Waals surface area contributed by atoms with Gasteiger partial charge in [0.25, 0.3) is 0 Å². The van der Waals surface area contributed by atoms with Crippen LogP contribution in [0.25, 0.3) is 0 Å². The fourth-order valence-electron chi connectivity index (χ4n) is 1.46. The van der Waals surface area contributed by atoms with Crippen LogP contribution in [0.5, 0.6) is 5.75 Å². The van der Waals surface area contributed by atoms with E-state index in [4.69, 9.17) is 16.3 Å². The molecule has 1 rings (SSSR count). The summed E-state index contributed by atoms with van der Waals surface area (Å²) >= 11 is 5.92. The number of esters is 1. The van der Waals surface area contributed by atoms with Gasteiger partial charge in [-0.25, -0.2) is 4.79 Å². The Morgan fingerprint density at radius 1 is 1.29 bits per heavy atom. The zero-order valence-corrected chi connectivity index (χ0v) is 10.6. The average Bonchev–Trinajstić information content (AvgIpc) is 2.29. The predicted octanol–water partition coefficient (Wildman–Crippen LogP) is 2.27. The summed E-state index contributed by atoms with van der Waals surface area (Å²) < 4.78 is 9.71. The van der Waals surface area contributed by atoms with E-state index in [2.05, 4.69) is 4.74 Å². The molecule has 17 heavy (non-hydrogen) atoms. The maximum Gasteiger partial charge on any atom is 0.339 e. The summed E-state index contributed by atoms with van der Waals surface area (Å²) in [5, 5.41) is 0.237. The van der Waals surface area contributed by atoms with Crippen molar-refractivity contribution in [3.05, 3.63) is 28.3 Å². The van der Waals surface area contributed by atoms with E-state index in [1.54, 1.807) is 0 Å². The van der Waals surface area contributed by atoms with E-state index >= 15 is 0 Å². The van der Waals surface area contributed by atoms with Crippen molar-refractivity contribution in [2.24, 2.45) is 0 Å². The normalized spacial score (nSPS) is 9.88. The largest absolute Gasteiger partial charge is 0.496 e. The highest BCUT2D eigenvalue weighted by Gasteiger charge is 2.16. The smallest absolute Gasteiger partial charge is 0.339 e. The quantitative estimate of drug-likeness (QED) is 0.776. The second-order valence-corrected chi connectivity index (χ2v) is 3.92. The number of rotatable bonds is 4. The summed E-state index contributed by atoms with van der Waals surface area (Å²) in [6, 6.07) is 3.03. The Hall–Kier alpha value is -1.55. The van der Waals surface area contributed by atoms with Crippen LogP contribution in [0.2, 0.25) is 5.02 Å². The van der Waals surface area contributed by atoms with Crippen molar-refractivity contribution in [2.75, 3.05) is 14.2 Å². The first kappa shape index (κ1) is 13.5. The van der Waals surface area contributed by atoms with Gasteiger partial charge < -0.3 is 9.47 Å². The zero-order valence-electron chi connectivity index (χ0n) is 9.87. The Morgan fingerprint density at radius 2 is 1.94 bits per heavy atom. The lowest BCUT2D eigenvalue weighted by Gasteiger charge is -2.10. The molecule has 1 aromatic rings. The topological polar surface area (TPSA) is 52.6 Å². The third-order valence-electron chi connectivity index (χ3n) is 2.21. The monoisotopic (exact) mass is 256 g/mol. The Bertz CT molecular complexity index is 454. The number of benzene rings is 1. The Kier molecular flexibility index (Phi) is 4.52. The van der Waals surface area contributed by atoms with Gasteiger partial charge in [-0.3, -0.25) is 4.79 Å². The van der Waals surface area contributed by atoms with E-state index in [9.17, 15) is 9.59 Å². The van der Waals surface area contributed by atoms with Gasteiger partial charge in [0, 0.05) is 12.0 Å². The van der Waals surface area contributed by atoms with Crippen LogP contribution >= 0.6 is 11.6 Å². The highest BCUT2D eigenvalue weighted by atomic mass is 35.5. The Balaban J connectivity index is 3.26. The fourth-order valence-corrected chi connectivity index (χ4v) is 1.69. The highest BCUT2D eigenvalue weighted by Crippen LogP contribution is 2.28. The van der Waals surface area contributed by atoms with Gasteiger partial charge in [0.15, 0.2) is 0 Å². The van der Waals surface area contributed by atoms with Crippen molar-refractivity contribution in [3.8, 4) is 5.75 Å². The van der Waals surface area contributed by atoms with E-state index in [1.807, 2.05) is 0 Å². The minimum absolute atomic E-state index is 0.0264. The lowest BCUT2D eigenvalue weighted by atomic mass is 10.0. The number of carbonyl (C=O) groups excluding carboxylic acids is 2. The first-order chi connectivity index (χ1) is 7.99. The summed E-state index contributed by atoms with van der Waals surface area (Å²) in [5.41, 5.74) is 0.844. The predicted molar refractivity (Wildman–Crippen MR) is 63.7 cm³/mol. The van der Waals surface area contributed by atoms with E-state index in [0.29, 0.717) is 11.3 Å². The van der Waals surface area contributed by atoms with E-state index < -0.39 is 5.97 Å². The van der Waals surface area contributed by atoms with Gasteiger partial charge in [0.2, 0.25) is 0 Å². The molecule has 0 aliphatic carbocycles. The molecule has 0 aliphatic heterocycles. The molecular weight excluding hydrogens is 244 g/mol. The Morgan fingerprint density at radius 3 is 2.41 bits per heavy atom. The number of carbonyl (C=O) groups is 2. The van der Waals surface area contributed by atoms with Crippen LogP contribution < -0.4 is 4.74 Å². The molecule has 0 unspecified atom stereocenters. The van der Waals surface area contributed by atoms with E-state index in [1.165, 1.54) is 33.3 Å². The fraction of sp³-hybridized carbons (Fsp3) is 0.333. The van der Waals surface area contributed by atoms with Gasteiger partial charge in [0.1, 0.15) is 11.5 Å². The minimum atomic E-state index is -0.539. The number of halogens is 1. The van der Waals surface area contributed by atoms with E-state index in [-0.39, 0.29) is 22.8 Å². The minimum Gasteiger partial charge on any atom is -0.496 e. The first-order valence-corrected chi connectivity index (χ1v) is 5.31. The van der Waals surface area contributed by atoms with Crippen molar-refractivity contribution in [1.82, 2.24) is 0 Å². The van der Waals surface area contributed by atoms with Crippen LogP contribution in [0.1, 0.15) is 22.8 Å². The molecule has 0 saturated heterocycles. The maximum absolute atomic E-state index is 11.4. The first-order valence-electron chi connectivity index (χ1n) is 4.93. The van der Waals surface area contributed by atoms with Crippen LogP contribution in [0.15, 0.2) is 12.1 Å². The van der Waals surface area contributed by atoms with Crippen LogP contribution in [0.3, 0.4) is 0 Å². The summed E-state index contributed by atoms with van der Waals surface area (Å²) in [7, 11) is 2.75. The second kappa shape index (κ2) is 5.68. The van der Waals surface area contributed by atoms with Gasteiger partial charge in [-0.05, 0) is 19.1 Å². The van der Waals surface area contributed by atoms with Gasteiger partial charge in [-0.2, -0.15) is 0 Å². The van der Waals surface area contributed by atoms with Crippen molar-refractivity contribution >= 4 is 23.4 Å². The number of Topliss-reactive ketones (excluding diaryl/α,β-unsaturated/α-hetero) is 1. The van der Waals surface area contributed by atoms with Crippen molar-refractivity contribution in [3.63, 3.8) is 0 Å². The molecule has 0 radical (unpaired) electrons. The number of hydrogen-bond acceptors (Lipinski definition) is 4. The number of ether oxygens (including phenoxy) is 2. The van der Waals surface area contributed by atoms with Gasteiger partial charge >= 0.3 is 5.97 Å². The summed E-state index contributed by atoms with van der Waals surface area (Å²) in [6.07, 6.45) is 0.185. The number of ketones is 1. The molecule has 4 nitrogen and oxygen atoms in total. The van der Waals surface area contributed by atoms with Gasteiger partial charge in [0.05, 0.1) is 24.8 Å². The molecule has 0 fully saturated rings. The second-order valence-electron chi connectivity index (χ2n) is 3.51. The third kappa shape index (κ3) is 3.20. The molecule has 0 atom stereocenters. The molecule has 1 aromatic carbocycles. The number of hydrogen-bond donors (Lipinski definition) is 0. The van der Waals surface area contributed by atoms with Gasteiger partial charge in [-0.15, -0.1) is 0 Å². The SMILES string of the molecule is COC(=O)c1cc(CC(C)=O)c(OC)cc1Cl.